The van der Waals surface area contributed by atoms with Crippen LogP contribution < -0.4 is 5.73 Å². The number of hydrogen-bond donors (Lipinski definition) is 1. The van der Waals surface area contributed by atoms with E-state index in [0.717, 1.165) is 52.5 Å². The summed E-state index contributed by atoms with van der Waals surface area (Å²) in [5.74, 6) is 0.792. The van der Waals surface area contributed by atoms with Gasteiger partial charge in [-0.05, 0) is 82.9 Å². The number of thioether (sulfide) groups is 1. The van der Waals surface area contributed by atoms with Crippen molar-refractivity contribution in [3.8, 4) is 0 Å². The number of anilines is 1. The van der Waals surface area contributed by atoms with Crippen LogP contribution in [-0.2, 0) is 0 Å². The number of allylic oxidation sites excluding steroid dienone is 11. The molecule has 0 spiro atoms. The Morgan fingerprint density at radius 1 is 0.850 bits per heavy atom. The Hall–Kier alpha value is -3.95. The molecule has 2 N–H and O–H groups in total. The lowest BCUT2D eigenvalue weighted by molar-refractivity contribution is 0.669. The van der Waals surface area contributed by atoms with E-state index in [1.165, 1.54) is 38.3 Å². The van der Waals surface area contributed by atoms with Crippen LogP contribution >= 0.6 is 11.8 Å². The third kappa shape index (κ3) is 3.64. The number of furan rings is 1. The molecule has 2 nitrogen and oxygen atoms in total. The van der Waals surface area contributed by atoms with Crippen LogP contribution in [0.25, 0.3) is 33.1 Å². The van der Waals surface area contributed by atoms with Crippen LogP contribution in [0.5, 0.6) is 0 Å². The molecule has 3 aromatic carbocycles. The summed E-state index contributed by atoms with van der Waals surface area (Å²) in [6, 6.07) is 19.5. The van der Waals surface area contributed by atoms with Crippen LogP contribution in [0, 0.1) is 5.92 Å². The second kappa shape index (κ2) is 9.31. The minimum absolute atomic E-state index is 0.333. The van der Waals surface area contributed by atoms with Crippen molar-refractivity contribution in [3.63, 3.8) is 0 Å². The lowest BCUT2D eigenvalue weighted by Gasteiger charge is -2.30. The van der Waals surface area contributed by atoms with Crippen molar-refractivity contribution in [3.05, 3.63) is 131 Å². The summed E-state index contributed by atoms with van der Waals surface area (Å²) in [5.41, 5.74) is 18.7. The van der Waals surface area contributed by atoms with Gasteiger partial charge >= 0.3 is 0 Å². The van der Waals surface area contributed by atoms with Crippen LogP contribution in [-0.4, -0.2) is 5.25 Å². The van der Waals surface area contributed by atoms with Crippen LogP contribution in [0.3, 0.4) is 0 Å². The Bertz CT molecular complexity index is 1890. The van der Waals surface area contributed by atoms with Gasteiger partial charge in [0.15, 0.2) is 0 Å². The van der Waals surface area contributed by atoms with E-state index in [0.29, 0.717) is 17.1 Å². The first-order valence-corrected chi connectivity index (χ1v) is 15.2. The lowest BCUT2D eigenvalue weighted by atomic mass is 9.76. The zero-order valence-corrected chi connectivity index (χ0v) is 23.4. The fraction of sp³-hybridized carbons (Fsp3) is 0.189. The van der Waals surface area contributed by atoms with Gasteiger partial charge in [0, 0.05) is 27.0 Å². The molecule has 0 saturated carbocycles. The summed E-state index contributed by atoms with van der Waals surface area (Å²) >= 11 is 1.99. The summed E-state index contributed by atoms with van der Waals surface area (Å²) in [6.45, 7) is 2.34. The summed E-state index contributed by atoms with van der Waals surface area (Å²) in [7, 11) is 0. The molecule has 4 aliphatic rings. The molecule has 0 radical (unpaired) electrons. The van der Waals surface area contributed by atoms with Crippen molar-refractivity contribution in [1.29, 1.82) is 0 Å². The van der Waals surface area contributed by atoms with Gasteiger partial charge in [-0.15, -0.1) is 11.8 Å². The monoisotopic (exact) mass is 537 g/mol. The lowest BCUT2D eigenvalue weighted by Crippen LogP contribution is -2.16. The van der Waals surface area contributed by atoms with Gasteiger partial charge in [0.05, 0.1) is 11.1 Å². The molecule has 1 aliphatic heterocycles. The van der Waals surface area contributed by atoms with E-state index in [4.69, 9.17) is 10.2 Å². The Kier molecular flexibility index (Phi) is 5.56. The third-order valence-electron chi connectivity index (χ3n) is 8.91. The highest BCUT2D eigenvalue weighted by Gasteiger charge is 2.36. The van der Waals surface area contributed by atoms with Gasteiger partial charge in [-0.2, -0.15) is 0 Å². The Labute approximate surface area is 239 Å². The van der Waals surface area contributed by atoms with Gasteiger partial charge in [0.25, 0.3) is 0 Å². The molecule has 4 aromatic rings. The molecular formula is C37H31NOS. The number of nitrogen functional groups attached to an aromatic ring is 1. The minimum Gasteiger partial charge on any atom is -0.456 e. The molecule has 3 atom stereocenters. The van der Waals surface area contributed by atoms with Crippen molar-refractivity contribution >= 4 is 50.5 Å². The molecule has 3 unspecified atom stereocenters. The van der Waals surface area contributed by atoms with E-state index >= 15 is 0 Å². The maximum atomic E-state index is 7.21. The molecule has 0 bridgehead atoms. The highest BCUT2D eigenvalue weighted by atomic mass is 32.2. The van der Waals surface area contributed by atoms with Gasteiger partial charge in [0.1, 0.15) is 11.2 Å². The van der Waals surface area contributed by atoms with E-state index in [1.54, 1.807) is 0 Å². The molecule has 0 amide bonds. The molecule has 0 saturated heterocycles. The molecule has 1 aromatic heterocycles. The largest absolute Gasteiger partial charge is 0.456 e. The highest BCUT2D eigenvalue weighted by molar-refractivity contribution is 8.00. The first kappa shape index (κ1) is 23.9. The van der Waals surface area contributed by atoms with Crippen LogP contribution in [0.15, 0.2) is 124 Å². The van der Waals surface area contributed by atoms with Gasteiger partial charge in [0.2, 0.25) is 0 Å². The maximum absolute atomic E-state index is 7.21. The normalized spacial score (nSPS) is 23.5. The predicted octanol–water partition coefficient (Wildman–Crippen LogP) is 10.0. The standard InChI is InChI=1S/C37H31NOS/c1-22-10-5-6-13-24(22)29-21-34-30(26-14-7-8-17-33(26)40-34)20-28(29)27-18-19-32-36(37(27)38)35-25(15-9-16-31(35)39-32)23-11-3-2-4-12-23/h3,5-9,11-22,30,34H,2,4,10,38H2,1H3. The number of benzene rings is 3. The second-order valence-corrected chi connectivity index (χ2v) is 12.5. The van der Waals surface area contributed by atoms with Crippen molar-refractivity contribution in [2.45, 2.75) is 42.2 Å². The SMILES string of the molecule is CC1CC=CC=C1C1=CC2Sc3ccccc3C2C=C1c1ccc2oc3cccc(C4=CCCC=C4)c3c2c1N. The van der Waals surface area contributed by atoms with Crippen LogP contribution in [0.4, 0.5) is 5.69 Å². The fourth-order valence-electron chi connectivity index (χ4n) is 6.92. The smallest absolute Gasteiger partial charge is 0.137 e. The summed E-state index contributed by atoms with van der Waals surface area (Å²) in [4.78, 5) is 1.39. The van der Waals surface area contributed by atoms with Gasteiger partial charge in [-0.3, -0.25) is 0 Å². The third-order valence-corrected chi connectivity index (χ3v) is 10.2. The average Bonchev–Trinajstić information content (AvgIpc) is 3.56. The first-order chi connectivity index (χ1) is 19.7. The number of rotatable bonds is 3. The second-order valence-electron chi connectivity index (χ2n) is 11.3. The Balaban J connectivity index is 1.36. The molecule has 3 heteroatoms. The zero-order chi connectivity index (χ0) is 26.8. The van der Waals surface area contributed by atoms with E-state index in [9.17, 15) is 0 Å². The molecule has 8 rings (SSSR count). The highest BCUT2D eigenvalue weighted by Crippen LogP contribution is 2.54. The molecule has 196 valence electrons. The van der Waals surface area contributed by atoms with E-state index in [1.807, 2.05) is 11.8 Å². The summed E-state index contributed by atoms with van der Waals surface area (Å²) in [6.07, 6.45) is 21.9. The predicted molar refractivity (Wildman–Crippen MR) is 170 cm³/mol. The van der Waals surface area contributed by atoms with Crippen LogP contribution in [0.2, 0.25) is 0 Å². The molecular weight excluding hydrogens is 506 g/mol. The first-order valence-electron chi connectivity index (χ1n) is 14.3. The van der Waals surface area contributed by atoms with Gasteiger partial charge in [-0.1, -0.05) is 85.9 Å². The van der Waals surface area contributed by atoms with Crippen LogP contribution in [0.1, 0.15) is 48.8 Å². The quantitative estimate of drug-likeness (QED) is 0.264. The average molecular weight is 538 g/mol. The Morgan fingerprint density at radius 2 is 1.75 bits per heavy atom. The van der Waals surface area contributed by atoms with Crippen molar-refractivity contribution < 1.29 is 4.42 Å². The van der Waals surface area contributed by atoms with Crippen molar-refractivity contribution in [1.82, 2.24) is 0 Å². The minimum atomic E-state index is 0.333. The van der Waals surface area contributed by atoms with Gasteiger partial charge in [-0.25, -0.2) is 0 Å². The number of nitrogens with two attached hydrogens (primary N) is 1. The summed E-state index contributed by atoms with van der Waals surface area (Å²) < 4.78 is 6.39. The summed E-state index contributed by atoms with van der Waals surface area (Å²) in [5, 5.41) is 2.54. The van der Waals surface area contributed by atoms with Crippen molar-refractivity contribution in [2.75, 3.05) is 5.73 Å². The molecule has 0 fully saturated rings. The zero-order valence-electron chi connectivity index (χ0n) is 22.6. The number of hydrogen-bond acceptors (Lipinski definition) is 3. The molecule has 3 aliphatic carbocycles. The topological polar surface area (TPSA) is 39.2 Å². The maximum Gasteiger partial charge on any atom is 0.137 e. The fourth-order valence-corrected chi connectivity index (χ4v) is 8.28. The van der Waals surface area contributed by atoms with E-state index < -0.39 is 0 Å². The molecule has 2 heterocycles. The number of fused-ring (bicyclic) bond motifs is 6. The van der Waals surface area contributed by atoms with Crippen molar-refractivity contribution in [2.24, 2.45) is 5.92 Å². The van der Waals surface area contributed by atoms with E-state index in [2.05, 4.69) is 110 Å². The van der Waals surface area contributed by atoms with E-state index in [-0.39, 0.29) is 0 Å². The van der Waals surface area contributed by atoms with Gasteiger partial charge < -0.3 is 10.2 Å². The molecule has 40 heavy (non-hydrogen) atoms. The Morgan fingerprint density at radius 3 is 2.62 bits per heavy atom.